The summed E-state index contributed by atoms with van der Waals surface area (Å²) >= 11 is 17.7. The smallest absolute Gasteiger partial charge is 0.341 e. The molecule has 212 valence electrons. The van der Waals surface area contributed by atoms with Gasteiger partial charge in [0.05, 0.1) is 79.3 Å². The summed E-state index contributed by atoms with van der Waals surface area (Å²) in [4.78, 5) is 0. The van der Waals surface area contributed by atoms with Crippen LogP contribution >= 0.6 is 33.2 Å². The third-order valence-electron chi connectivity index (χ3n) is 5.04. The summed E-state index contributed by atoms with van der Waals surface area (Å²) in [5.74, 6) is 0. The van der Waals surface area contributed by atoms with Crippen LogP contribution in [-0.2, 0) is 33.2 Å². The summed E-state index contributed by atoms with van der Waals surface area (Å²) in [5, 5.41) is 0. The molecule has 7 nitrogen and oxygen atoms in total. The fraction of sp³-hybridized carbons (Fsp3) is 1.00. The molecular weight excluding hydrogens is 535 g/mol. The minimum Gasteiger partial charge on any atom is -0.382 e. The Bertz CT molecular complexity index is 408. The van der Waals surface area contributed by atoms with E-state index in [0.29, 0.717) is 79.3 Å². The third kappa shape index (κ3) is 34.8. The lowest BCUT2D eigenvalue weighted by molar-refractivity contribution is -0.0191. The molecule has 35 heavy (non-hydrogen) atoms. The lowest BCUT2D eigenvalue weighted by Crippen LogP contribution is -2.14. The Labute approximate surface area is 228 Å². The van der Waals surface area contributed by atoms with Crippen LogP contribution in [0.15, 0.2) is 0 Å². The number of methoxy groups -OCH3 is 1. The summed E-state index contributed by atoms with van der Waals surface area (Å²) in [6, 6.07) is -1.61. The van der Waals surface area contributed by atoms with Crippen molar-refractivity contribution in [3.63, 3.8) is 0 Å². The van der Waals surface area contributed by atoms with Gasteiger partial charge in [0.25, 0.3) is 0 Å². The van der Waals surface area contributed by atoms with Crippen molar-refractivity contribution in [1.29, 1.82) is 0 Å². The molecule has 0 radical (unpaired) electrons. The van der Waals surface area contributed by atoms with Crippen LogP contribution in [0, 0.1) is 0 Å². The van der Waals surface area contributed by atoms with E-state index in [-0.39, 0.29) is 0 Å². The second-order valence-electron chi connectivity index (χ2n) is 8.21. The van der Waals surface area contributed by atoms with Crippen LogP contribution in [-0.4, -0.2) is 99.0 Å². The van der Waals surface area contributed by atoms with Crippen LogP contribution in [0.3, 0.4) is 0 Å². The van der Waals surface area contributed by atoms with Gasteiger partial charge in [-0.15, -0.1) is 33.2 Å². The molecule has 0 fully saturated rings. The molecule has 0 bridgehead atoms. The Balaban J connectivity index is 3.03. The van der Waals surface area contributed by atoms with Gasteiger partial charge in [-0.3, -0.25) is 0 Å². The largest absolute Gasteiger partial charge is 0.382 e. The van der Waals surface area contributed by atoms with Crippen molar-refractivity contribution in [2.75, 3.05) is 93.0 Å². The second-order valence-corrected chi connectivity index (χ2v) is 17.5. The highest BCUT2D eigenvalue weighted by molar-refractivity contribution is 7.64. The van der Waals surface area contributed by atoms with Gasteiger partial charge in [-0.2, -0.15) is 0 Å². The maximum absolute atomic E-state index is 5.88. The van der Waals surface area contributed by atoms with Gasteiger partial charge in [-0.25, -0.2) is 0 Å². The van der Waals surface area contributed by atoms with Crippen molar-refractivity contribution in [2.24, 2.45) is 0 Å². The maximum Gasteiger partial charge on any atom is 0.341 e. The topological polar surface area (TPSA) is 64.6 Å². The van der Waals surface area contributed by atoms with Crippen molar-refractivity contribution in [3.8, 4) is 0 Å². The molecule has 0 aromatic carbocycles. The van der Waals surface area contributed by atoms with Gasteiger partial charge < -0.3 is 33.2 Å². The lowest BCUT2D eigenvalue weighted by Gasteiger charge is -2.08. The summed E-state index contributed by atoms with van der Waals surface area (Å²) in [6.45, 7) is 7.73. The maximum atomic E-state index is 5.88. The van der Waals surface area contributed by atoms with Crippen molar-refractivity contribution in [1.82, 2.24) is 0 Å². The molecule has 0 unspecified atom stereocenters. The predicted molar refractivity (Wildman–Crippen MR) is 146 cm³/mol. The summed E-state index contributed by atoms with van der Waals surface area (Å²) in [7, 11) is 1.65. The highest BCUT2D eigenvalue weighted by atomic mass is 35.8. The molecule has 0 aliphatic carbocycles. The highest BCUT2D eigenvalue weighted by Crippen LogP contribution is 2.27. The van der Waals surface area contributed by atoms with Crippen LogP contribution in [0.2, 0.25) is 6.04 Å². The first-order valence-electron chi connectivity index (χ1n) is 13.1. The Kier molecular flexibility index (Phi) is 30.0. The molecule has 11 heteroatoms. The van der Waals surface area contributed by atoms with Crippen LogP contribution in [0.25, 0.3) is 0 Å². The first kappa shape index (κ1) is 35.8. The minimum atomic E-state index is -2.40. The monoisotopic (exact) mass is 582 g/mol. The molecule has 0 amide bonds. The van der Waals surface area contributed by atoms with Crippen molar-refractivity contribution >= 4 is 39.2 Å². The lowest BCUT2D eigenvalue weighted by atomic mass is 10.1. The molecule has 0 aliphatic rings. The number of halogens is 3. The number of rotatable bonds is 30. The molecule has 0 aromatic rings. The summed E-state index contributed by atoms with van der Waals surface area (Å²) < 4.78 is 37.6. The van der Waals surface area contributed by atoms with Crippen molar-refractivity contribution in [3.05, 3.63) is 0 Å². The summed E-state index contributed by atoms with van der Waals surface area (Å²) in [6.07, 6.45) is 11.0. The quantitative estimate of drug-likeness (QED) is 0.0593. The van der Waals surface area contributed by atoms with Gasteiger partial charge in [0.15, 0.2) is 0 Å². The van der Waals surface area contributed by atoms with Crippen LogP contribution in [0.5, 0.6) is 0 Å². The number of hydrogen-bond donors (Lipinski definition) is 0. The Morgan fingerprint density at radius 3 is 1.00 bits per heavy atom. The van der Waals surface area contributed by atoms with Gasteiger partial charge in [0.1, 0.15) is 0 Å². The van der Waals surface area contributed by atoms with Gasteiger partial charge in [-0.1, -0.05) is 51.4 Å². The summed E-state index contributed by atoms with van der Waals surface area (Å²) in [5.41, 5.74) is 0. The predicted octanol–water partition coefficient (Wildman–Crippen LogP) is 5.90. The normalized spacial score (nSPS) is 12.0. The molecule has 0 atom stereocenters. The van der Waals surface area contributed by atoms with Crippen molar-refractivity contribution < 1.29 is 33.2 Å². The van der Waals surface area contributed by atoms with Gasteiger partial charge >= 0.3 is 6.00 Å². The molecular formula is C24H49Cl3O7Si. The van der Waals surface area contributed by atoms with Gasteiger partial charge in [0.2, 0.25) is 0 Å². The average Bonchev–Trinajstić information content (AvgIpc) is 2.82. The molecule has 0 saturated heterocycles. The van der Waals surface area contributed by atoms with Crippen LogP contribution in [0.4, 0.5) is 0 Å². The van der Waals surface area contributed by atoms with E-state index in [0.717, 1.165) is 25.5 Å². The zero-order valence-electron chi connectivity index (χ0n) is 21.8. The SMILES string of the molecule is COCCOCCOCCOCCOCCOCCOCCCCCCCCCCC[Si](Cl)(Cl)Cl. The van der Waals surface area contributed by atoms with E-state index in [4.69, 9.17) is 66.4 Å². The molecule has 0 spiro atoms. The molecule has 0 N–H and O–H groups in total. The molecule has 0 aliphatic heterocycles. The van der Waals surface area contributed by atoms with E-state index < -0.39 is 6.00 Å². The van der Waals surface area contributed by atoms with E-state index in [2.05, 4.69) is 0 Å². The molecule has 0 rings (SSSR count). The van der Waals surface area contributed by atoms with E-state index in [9.17, 15) is 0 Å². The Hall–Kier alpha value is 0.807. The number of hydrogen-bond acceptors (Lipinski definition) is 7. The average molecular weight is 584 g/mol. The van der Waals surface area contributed by atoms with Crippen molar-refractivity contribution in [2.45, 2.75) is 63.8 Å². The fourth-order valence-corrected chi connectivity index (χ4v) is 4.96. The fourth-order valence-electron chi connectivity index (χ4n) is 3.11. The first-order chi connectivity index (χ1) is 17.1. The van der Waals surface area contributed by atoms with Gasteiger partial charge in [-0.05, 0) is 12.5 Å². The van der Waals surface area contributed by atoms with E-state index in [1.54, 1.807) is 7.11 Å². The Morgan fingerprint density at radius 1 is 0.371 bits per heavy atom. The Morgan fingerprint density at radius 2 is 0.657 bits per heavy atom. The van der Waals surface area contributed by atoms with E-state index in [1.807, 2.05) is 0 Å². The number of ether oxygens (including phenoxy) is 7. The molecule has 0 saturated carbocycles. The number of unbranched alkanes of at least 4 members (excludes halogenated alkanes) is 8. The highest BCUT2D eigenvalue weighted by Gasteiger charge is 2.23. The zero-order chi connectivity index (χ0) is 25.7. The van der Waals surface area contributed by atoms with Crippen LogP contribution < -0.4 is 0 Å². The third-order valence-corrected chi connectivity index (χ3v) is 7.66. The zero-order valence-corrected chi connectivity index (χ0v) is 25.0. The molecule has 0 aromatic heterocycles. The standard InChI is InChI=1S/C24H49Cl3O7Si/c1-28-12-13-30-16-17-32-20-21-34-23-22-33-19-18-31-15-14-29-11-9-7-5-3-2-4-6-8-10-24-35(25,26)27/h2-24H2,1H3. The van der Waals surface area contributed by atoms with Gasteiger partial charge in [0, 0.05) is 13.7 Å². The first-order valence-corrected chi connectivity index (χ1v) is 18.3. The van der Waals surface area contributed by atoms with E-state index in [1.165, 1.54) is 44.9 Å². The van der Waals surface area contributed by atoms with E-state index >= 15 is 0 Å². The molecule has 0 heterocycles. The minimum absolute atomic E-state index is 0.552. The van der Waals surface area contributed by atoms with Crippen LogP contribution in [0.1, 0.15) is 57.8 Å². The second kappa shape index (κ2) is 29.4.